The minimum atomic E-state index is 0.374. The van der Waals surface area contributed by atoms with Crippen molar-refractivity contribution in [2.75, 3.05) is 0 Å². The van der Waals surface area contributed by atoms with Gasteiger partial charge in [-0.3, -0.25) is 0 Å². The third kappa shape index (κ3) is 6.19. The molecule has 0 spiro atoms. The first kappa shape index (κ1) is 32.3. The molecule has 2 aliphatic rings. The molecule has 2 heteroatoms. The molecule has 7 aromatic rings. The van der Waals surface area contributed by atoms with E-state index in [1.54, 1.807) is 0 Å². The zero-order valence-corrected chi connectivity index (χ0v) is 29.7. The summed E-state index contributed by atoms with van der Waals surface area (Å²) in [6.45, 7) is 6.58. The fourth-order valence-corrected chi connectivity index (χ4v) is 7.85. The number of amidine groups is 1. The second kappa shape index (κ2) is 13.8. The SMILES string of the molecule is C=C(N=C(N=C(C)c1ccccc1)c1ccccc1)c1ccc2c(C3=CC=C4C=CC=CC4C3)c3ccccc3c(-c3ccc4ccccc4c3)c2c1. The number of allylic oxidation sites excluding steroid dienone is 8. The average molecular weight is 679 g/mol. The fraction of sp³-hybridized carbons (Fsp3) is 0.0588. The summed E-state index contributed by atoms with van der Waals surface area (Å²) < 4.78 is 0. The molecule has 0 saturated carbocycles. The molecule has 1 unspecified atom stereocenters. The van der Waals surface area contributed by atoms with Gasteiger partial charge in [0.25, 0.3) is 0 Å². The lowest BCUT2D eigenvalue weighted by atomic mass is 9.78. The molecule has 0 N–H and O–H groups in total. The molecule has 0 aliphatic heterocycles. The van der Waals surface area contributed by atoms with Crippen LogP contribution in [-0.4, -0.2) is 11.5 Å². The van der Waals surface area contributed by atoms with Crippen molar-refractivity contribution in [2.24, 2.45) is 15.9 Å². The van der Waals surface area contributed by atoms with Gasteiger partial charge in [-0.1, -0.05) is 176 Å². The van der Waals surface area contributed by atoms with E-state index in [9.17, 15) is 0 Å². The minimum absolute atomic E-state index is 0.374. The molecule has 0 heterocycles. The van der Waals surface area contributed by atoms with Gasteiger partial charge in [0.05, 0.1) is 5.70 Å². The molecular formula is C51H38N2. The number of hydrogen-bond donors (Lipinski definition) is 0. The first-order chi connectivity index (χ1) is 26.1. The van der Waals surface area contributed by atoms with Crippen LogP contribution in [0.3, 0.4) is 0 Å². The van der Waals surface area contributed by atoms with Crippen molar-refractivity contribution in [3.8, 4) is 11.1 Å². The molecule has 0 bridgehead atoms. The van der Waals surface area contributed by atoms with E-state index in [4.69, 9.17) is 9.98 Å². The van der Waals surface area contributed by atoms with Crippen molar-refractivity contribution in [3.63, 3.8) is 0 Å². The zero-order valence-electron chi connectivity index (χ0n) is 29.7. The van der Waals surface area contributed by atoms with E-state index in [-0.39, 0.29) is 0 Å². The average Bonchev–Trinajstić information content (AvgIpc) is 3.22. The van der Waals surface area contributed by atoms with Crippen LogP contribution in [0.1, 0.15) is 35.6 Å². The second-order valence-corrected chi connectivity index (χ2v) is 13.8. The molecule has 9 rings (SSSR count). The molecule has 0 saturated heterocycles. The van der Waals surface area contributed by atoms with E-state index < -0.39 is 0 Å². The first-order valence-electron chi connectivity index (χ1n) is 18.3. The Morgan fingerprint density at radius 2 is 1.25 bits per heavy atom. The van der Waals surface area contributed by atoms with Gasteiger partial charge in [-0.2, -0.15) is 0 Å². The second-order valence-electron chi connectivity index (χ2n) is 13.8. The Hall–Kier alpha value is -6.64. The van der Waals surface area contributed by atoms with E-state index in [0.29, 0.717) is 17.5 Å². The predicted molar refractivity (Wildman–Crippen MR) is 228 cm³/mol. The Morgan fingerprint density at radius 3 is 2.04 bits per heavy atom. The van der Waals surface area contributed by atoms with Crippen molar-refractivity contribution in [3.05, 3.63) is 216 Å². The molecular weight excluding hydrogens is 641 g/mol. The molecule has 0 amide bonds. The van der Waals surface area contributed by atoms with Crippen LogP contribution >= 0.6 is 0 Å². The standard InChI is InChI=1S/C51H38N2/c1-34(36-15-5-3-6-16-36)52-51(39-19-7-4-8-20-39)53-35(2)40-29-30-47-48(33-40)50(44-28-26-38-18-10-12-22-42(38)32-44)46-24-14-13-23-45(46)49(47)43-27-25-37-17-9-11-21-41(37)31-43/h3-30,32-33,41H,2,31H2,1H3. The lowest BCUT2D eigenvalue weighted by molar-refractivity contribution is 0.794. The van der Waals surface area contributed by atoms with Gasteiger partial charge in [-0.15, -0.1) is 0 Å². The molecule has 252 valence electrons. The Balaban J connectivity index is 1.27. The monoisotopic (exact) mass is 678 g/mol. The highest BCUT2D eigenvalue weighted by atomic mass is 14.9. The van der Waals surface area contributed by atoms with Crippen LogP contribution in [-0.2, 0) is 0 Å². The third-order valence-corrected chi connectivity index (χ3v) is 10.5. The summed E-state index contributed by atoms with van der Waals surface area (Å²) in [4.78, 5) is 10.2. The number of nitrogens with zero attached hydrogens (tertiary/aromatic N) is 2. The van der Waals surface area contributed by atoms with Crippen molar-refractivity contribution in [1.82, 2.24) is 0 Å². The van der Waals surface area contributed by atoms with Gasteiger partial charge in [-0.05, 0) is 91.2 Å². The molecule has 7 aromatic carbocycles. The van der Waals surface area contributed by atoms with Crippen LogP contribution in [0.25, 0.3) is 54.7 Å². The maximum Gasteiger partial charge on any atom is 0.160 e. The Labute approximate surface area is 310 Å². The Kier molecular flexibility index (Phi) is 8.42. The van der Waals surface area contributed by atoms with Crippen LogP contribution in [0, 0.1) is 5.92 Å². The number of aliphatic imine (C=N–C) groups is 2. The van der Waals surface area contributed by atoms with E-state index in [1.165, 1.54) is 60.2 Å². The van der Waals surface area contributed by atoms with Gasteiger partial charge in [0.2, 0.25) is 0 Å². The van der Waals surface area contributed by atoms with E-state index >= 15 is 0 Å². The van der Waals surface area contributed by atoms with Gasteiger partial charge >= 0.3 is 0 Å². The smallest absolute Gasteiger partial charge is 0.160 e. The van der Waals surface area contributed by atoms with E-state index in [1.807, 2.05) is 43.3 Å². The van der Waals surface area contributed by atoms with Crippen LogP contribution < -0.4 is 0 Å². The highest BCUT2D eigenvalue weighted by Crippen LogP contribution is 2.46. The van der Waals surface area contributed by atoms with Crippen molar-refractivity contribution < 1.29 is 0 Å². The quantitative estimate of drug-likeness (QED) is 0.0950. The minimum Gasteiger partial charge on any atom is -0.233 e. The van der Waals surface area contributed by atoms with Crippen LogP contribution in [0.5, 0.6) is 0 Å². The largest absolute Gasteiger partial charge is 0.233 e. The van der Waals surface area contributed by atoms with Crippen molar-refractivity contribution >= 4 is 55.1 Å². The highest BCUT2D eigenvalue weighted by molar-refractivity contribution is 6.20. The maximum atomic E-state index is 5.15. The van der Waals surface area contributed by atoms with Crippen LogP contribution in [0.2, 0.25) is 0 Å². The number of fused-ring (bicyclic) bond motifs is 4. The molecule has 2 aliphatic carbocycles. The zero-order chi connectivity index (χ0) is 35.7. The number of benzene rings is 7. The Morgan fingerprint density at radius 1 is 0.566 bits per heavy atom. The summed E-state index contributed by atoms with van der Waals surface area (Å²) in [6.07, 6.45) is 14.5. The molecule has 0 radical (unpaired) electrons. The summed E-state index contributed by atoms with van der Waals surface area (Å²) in [7, 11) is 0. The highest BCUT2D eigenvalue weighted by Gasteiger charge is 2.23. The molecule has 1 atom stereocenters. The molecule has 2 nitrogen and oxygen atoms in total. The normalized spacial score (nSPS) is 15.8. The Bertz CT molecular complexity index is 2760. The topological polar surface area (TPSA) is 24.7 Å². The van der Waals surface area contributed by atoms with Gasteiger partial charge in [-0.25, -0.2) is 9.98 Å². The van der Waals surface area contributed by atoms with Crippen LogP contribution in [0.15, 0.2) is 204 Å². The third-order valence-electron chi connectivity index (χ3n) is 10.5. The van der Waals surface area contributed by atoms with Gasteiger partial charge < -0.3 is 0 Å². The summed E-state index contributed by atoms with van der Waals surface area (Å²) >= 11 is 0. The number of rotatable bonds is 6. The molecule has 53 heavy (non-hydrogen) atoms. The van der Waals surface area contributed by atoms with Crippen molar-refractivity contribution in [1.29, 1.82) is 0 Å². The summed E-state index contributed by atoms with van der Waals surface area (Å²) in [5, 5.41) is 7.37. The lowest BCUT2D eigenvalue weighted by Crippen LogP contribution is -2.07. The van der Waals surface area contributed by atoms with Crippen molar-refractivity contribution in [2.45, 2.75) is 13.3 Å². The van der Waals surface area contributed by atoms with Gasteiger partial charge in [0.1, 0.15) is 0 Å². The molecule has 0 aromatic heterocycles. The number of hydrogen-bond acceptors (Lipinski definition) is 1. The fourth-order valence-electron chi connectivity index (χ4n) is 7.85. The van der Waals surface area contributed by atoms with Crippen LogP contribution in [0.4, 0.5) is 0 Å². The summed E-state index contributed by atoms with van der Waals surface area (Å²) in [5.41, 5.74) is 11.0. The van der Waals surface area contributed by atoms with Gasteiger partial charge in [0.15, 0.2) is 5.84 Å². The predicted octanol–water partition coefficient (Wildman–Crippen LogP) is 13.2. The maximum absolute atomic E-state index is 5.15. The first-order valence-corrected chi connectivity index (χ1v) is 18.3. The van der Waals surface area contributed by atoms with Gasteiger partial charge in [0, 0.05) is 22.8 Å². The summed E-state index contributed by atoms with van der Waals surface area (Å²) in [6, 6.07) is 51.5. The summed E-state index contributed by atoms with van der Waals surface area (Å²) in [5.74, 6) is 1.01. The molecule has 0 fully saturated rings. The van der Waals surface area contributed by atoms with E-state index in [2.05, 4.69) is 152 Å². The lowest BCUT2D eigenvalue weighted by Gasteiger charge is -2.25. The van der Waals surface area contributed by atoms with E-state index in [0.717, 1.165) is 28.8 Å².